The van der Waals surface area contributed by atoms with Crippen LogP contribution in [-0.2, 0) is 15.2 Å². The summed E-state index contributed by atoms with van der Waals surface area (Å²) in [7, 11) is 0.153. The zero-order valence-electron chi connectivity index (χ0n) is 8.51. The van der Waals surface area contributed by atoms with Crippen LogP contribution in [0.25, 0.3) is 0 Å². The van der Waals surface area contributed by atoms with Crippen molar-refractivity contribution in [1.29, 1.82) is 0 Å². The highest BCUT2D eigenvalue weighted by Crippen LogP contribution is 2.36. The molecule has 0 atom stereocenters. The van der Waals surface area contributed by atoms with Gasteiger partial charge in [-0.25, -0.2) is 8.42 Å². The van der Waals surface area contributed by atoms with Gasteiger partial charge in [0.15, 0.2) is 0 Å². The minimum atomic E-state index is -5.27. The van der Waals surface area contributed by atoms with Crippen LogP contribution in [0.1, 0.15) is 5.56 Å². The summed E-state index contributed by atoms with van der Waals surface area (Å²) in [5, 5.41) is 0. The molecule has 1 aromatic carbocycles. The Balaban J connectivity index is 3.42. The fraction of sp³-hybridized carbons (Fsp3) is 0.250. The van der Waals surface area contributed by atoms with Crippen LogP contribution in [0.15, 0.2) is 23.1 Å². The molecular weight excluding hydrogens is 326 g/mol. The third-order valence-corrected chi connectivity index (χ3v) is 3.06. The van der Waals surface area contributed by atoms with Gasteiger partial charge in [-0.05, 0) is 12.1 Å². The Morgan fingerprint density at radius 1 is 1.00 bits per heavy atom. The molecule has 0 amide bonds. The molecular formula is C8H3ClF6O3S. The van der Waals surface area contributed by atoms with Gasteiger partial charge < -0.3 is 4.74 Å². The van der Waals surface area contributed by atoms with E-state index in [0.717, 1.165) is 0 Å². The summed E-state index contributed by atoms with van der Waals surface area (Å²) in [6.07, 6.45) is -10.3. The van der Waals surface area contributed by atoms with Crippen molar-refractivity contribution in [3.8, 4) is 5.75 Å². The summed E-state index contributed by atoms with van der Waals surface area (Å²) in [6, 6.07) is 0.357. The maximum atomic E-state index is 12.4. The molecule has 0 bridgehead atoms. The van der Waals surface area contributed by atoms with E-state index in [1.807, 2.05) is 0 Å². The first kappa shape index (κ1) is 15.9. The number of hydrogen-bond donors (Lipinski definition) is 0. The predicted molar refractivity (Wildman–Crippen MR) is 51.2 cm³/mol. The van der Waals surface area contributed by atoms with Crippen molar-refractivity contribution in [2.45, 2.75) is 17.4 Å². The minimum absolute atomic E-state index is 0.0130. The minimum Gasteiger partial charge on any atom is -0.406 e. The Bertz CT molecular complexity index is 577. The maximum Gasteiger partial charge on any atom is 0.573 e. The molecule has 1 aromatic rings. The summed E-state index contributed by atoms with van der Waals surface area (Å²) in [5.74, 6) is -1.33. The number of rotatable bonds is 2. The lowest BCUT2D eigenvalue weighted by molar-refractivity contribution is -0.274. The van der Waals surface area contributed by atoms with E-state index >= 15 is 0 Å². The van der Waals surface area contributed by atoms with Crippen LogP contribution in [0.3, 0.4) is 0 Å². The topological polar surface area (TPSA) is 43.4 Å². The summed E-state index contributed by atoms with van der Waals surface area (Å²) in [4.78, 5) is -1.15. The first-order valence-electron chi connectivity index (χ1n) is 4.22. The molecule has 11 heteroatoms. The molecule has 0 aliphatic carbocycles. The lowest BCUT2D eigenvalue weighted by Crippen LogP contribution is -2.18. The van der Waals surface area contributed by atoms with Gasteiger partial charge >= 0.3 is 12.5 Å². The molecule has 3 nitrogen and oxygen atoms in total. The zero-order valence-corrected chi connectivity index (χ0v) is 10.1. The molecule has 0 fully saturated rings. The first-order valence-corrected chi connectivity index (χ1v) is 6.53. The normalized spacial score (nSPS) is 13.4. The van der Waals surface area contributed by atoms with Crippen LogP contribution < -0.4 is 4.74 Å². The van der Waals surface area contributed by atoms with Crippen LogP contribution in [0.2, 0.25) is 0 Å². The number of benzene rings is 1. The Hall–Kier alpha value is -1.16. The molecule has 0 heterocycles. The second kappa shape index (κ2) is 4.75. The average Bonchev–Trinajstić information content (AvgIpc) is 2.11. The molecule has 0 saturated heterocycles. The number of ether oxygens (including phenoxy) is 1. The fourth-order valence-electron chi connectivity index (χ4n) is 1.07. The Labute approximate surface area is 107 Å². The molecule has 19 heavy (non-hydrogen) atoms. The van der Waals surface area contributed by atoms with E-state index in [4.69, 9.17) is 10.7 Å². The van der Waals surface area contributed by atoms with E-state index in [-0.39, 0.29) is 18.2 Å². The first-order chi connectivity index (χ1) is 8.29. The van der Waals surface area contributed by atoms with Gasteiger partial charge in [-0.1, -0.05) is 0 Å². The summed E-state index contributed by atoms with van der Waals surface area (Å²) < 4.78 is 98.0. The third kappa shape index (κ3) is 4.78. The van der Waals surface area contributed by atoms with Crippen molar-refractivity contribution < 1.29 is 39.5 Å². The third-order valence-electron chi connectivity index (χ3n) is 1.72. The van der Waals surface area contributed by atoms with Gasteiger partial charge in [0.2, 0.25) is 0 Å². The van der Waals surface area contributed by atoms with E-state index in [9.17, 15) is 34.8 Å². The van der Waals surface area contributed by atoms with Crippen LogP contribution in [0.4, 0.5) is 26.3 Å². The maximum absolute atomic E-state index is 12.4. The molecule has 0 aliphatic rings. The second-order valence-electron chi connectivity index (χ2n) is 3.18. The van der Waals surface area contributed by atoms with E-state index in [0.29, 0.717) is 0 Å². The highest BCUT2D eigenvalue weighted by molar-refractivity contribution is 8.13. The highest BCUT2D eigenvalue weighted by atomic mass is 35.7. The second-order valence-corrected chi connectivity index (χ2v) is 5.74. The number of hydrogen-bond acceptors (Lipinski definition) is 3. The van der Waals surface area contributed by atoms with Crippen LogP contribution in [0.5, 0.6) is 5.75 Å². The molecule has 0 aliphatic heterocycles. The van der Waals surface area contributed by atoms with E-state index in [1.54, 1.807) is 0 Å². The predicted octanol–water partition coefficient (Wildman–Crippen LogP) is 3.53. The van der Waals surface area contributed by atoms with Crippen molar-refractivity contribution in [3.63, 3.8) is 0 Å². The van der Waals surface area contributed by atoms with Crippen molar-refractivity contribution >= 4 is 19.7 Å². The smallest absolute Gasteiger partial charge is 0.406 e. The summed E-state index contributed by atoms with van der Waals surface area (Å²) in [6.45, 7) is 0. The SMILES string of the molecule is O=S(=O)(Cl)c1cc(OC(F)(F)F)cc(C(F)(F)F)c1. The summed E-state index contributed by atoms with van der Waals surface area (Å²) in [5.41, 5.74) is -1.63. The Kier molecular flexibility index (Phi) is 3.97. The van der Waals surface area contributed by atoms with E-state index in [2.05, 4.69) is 4.74 Å². The molecule has 1 rings (SSSR count). The van der Waals surface area contributed by atoms with E-state index < -0.39 is 37.8 Å². The lowest BCUT2D eigenvalue weighted by atomic mass is 10.2. The van der Waals surface area contributed by atoms with Crippen molar-refractivity contribution in [1.82, 2.24) is 0 Å². The number of alkyl halides is 6. The van der Waals surface area contributed by atoms with Gasteiger partial charge in [0.25, 0.3) is 9.05 Å². The molecule has 0 radical (unpaired) electrons. The lowest BCUT2D eigenvalue weighted by Gasteiger charge is -2.13. The average molecular weight is 329 g/mol. The van der Waals surface area contributed by atoms with Gasteiger partial charge in [-0.2, -0.15) is 13.2 Å². The van der Waals surface area contributed by atoms with E-state index in [1.165, 1.54) is 0 Å². The largest absolute Gasteiger partial charge is 0.573 e. The van der Waals surface area contributed by atoms with Gasteiger partial charge in [0, 0.05) is 16.7 Å². The molecule has 0 aromatic heterocycles. The Morgan fingerprint density at radius 3 is 1.89 bits per heavy atom. The molecule has 0 unspecified atom stereocenters. The molecule has 108 valence electrons. The van der Waals surface area contributed by atoms with Crippen LogP contribution >= 0.6 is 10.7 Å². The van der Waals surface area contributed by atoms with Crippen molar-refractivity contribution in [2.75, 3.05) is 0 Å². The van der Waals surface area contributed by atoms with Gasteiger partial charge in [0.1, 0.15) is 5.75 Å². The monoisotopic (exact) mass is 328 g/mol. The van der Waals surface area contributed by atoms with Gasteiger partial charge in [0.05, 0.1) is 10.5 Å². The summed E-state index contributed by atoms with van der Waals surface area (Å²) >= 11 is 0. The molecule has 0 saturated carbocycles. The fourth-order valence-corrected chi connectivity index (χ4v) is 1.86. The van der Waals surface area contributed by atoms with Crippen LogP contribution in [-0.4, -0.2) is 14.8 Å². The zero-order chi connectivity index (χ0) is 15.1. The van der Waals surface area contributed by atoms with Crippen molar-refractivity contribution in [2.24, 2.45) is 0 Å². The number of halogens is 7. The van der Waals surface area contributed by atoms with Gasteiger partial charge in [-0.3, -0.25) is 0 Å². The standard InChI is InChI=1S/C8H3ClF6O3S/c9-19(16,17)6-2-4(7(10,11)12)1-5(3-6)18-8(13,14)15/h1-3H. The Morgan fingerprint density at radius 2 is 1.53 bits per heavy atom. The van der Waals surface area contributed by atoms with Crippen molar-refractivity contribution in [3.05, 3.63) is 23.8 Å². The molecule has 0 N–H and O–H groups in total. The van der Waals surface area contributed by atoms with Gasteiger partial charge in [-0.15, -0.1) is 13.2 Å². The van der Waals surface area contributed by atoms with Crippen LogP contribution in [0, 0.1) is 0 Å². The highest BCUT2D eigenvalue weighted by Gasteiger charge is 2.36. The quantitative estimate of drug-likeness (QED) is 0.616. The molecule has 0 spiro atoms.